The van der Waals surface area contributed by atoms with E-state index in [0.717, 1.165) is 25.6 Å². The fourth-order valence-corrected chi connectivity index (χ4v) is 2.96. The summed E-state index contributed by atoms with van der Waals surface area (Å²) >= 11 is 0. The number of aliphatic imine (C=N–C) groups is 1. The Hall–Kier alpha value is -0.810. The highest BCUT2D eigenvalue weighted by Gasteiger charge is 2.14. The molecule has 1 unspecified atom stereocenters. The van der Waals surface area contributed by atoms with Crippen molar-refractivity contribution < 1.29 is 0 Å². The van der Waals surface area contributed by atoms with Gasteiger partial charge in [-0.3, -0.25) is 9.89 Å². The number of rotatable bonds is 10. The first-order valence-electron chi connectivity index (χ1n) is 9.69. The van der Waals surface area contributed by atoms with E-state index in [1.165, 1.54) is 58.4 Å². The van der Waals surface area contributed by atoms with Crippen molar-refractivity contribution in [3.05, 3.63) is 0 Å². The average Bonchev–Trinajstić information content (AvgIpc) is 2.56. The summed E-state index contributed by atoms with van der Waals surface area (Å²) in [5, 5.41) is 6.91. The zero-order valence-electron chi connectivity index (χ0n) is 15.9. The van der Waals surface area contributed by atoms with E-state index in [9.17, 15) is 0 Å². The van der Waals surface area contributed by atoms with Crippen molar-refractivity contribution in [1.29, 1.82) is 0 Å². The number of piperazine rings is 1. The van der Waals surface area contributed by atoms with Gasteiger partial charge in [-0.05, 0) is 26.8 Å². The van der Waals surface area contributed by atoms with Gasteiger partial charge in [-0.15, -0.1) is 0 Å². The molecule has 0 radical (unpaired) electrons. The van der Waals surface area contributed by atoms with Crippen LogP contribution in [0, 0.1) is 0 Å². The maximum absolute atomic E-state index is 4.75. The number of unbranched alkanes of at least 4 members (excludes halogenated alkanes) is 2. The number of hydrogen-bond acceptors (Lipinski definition) is 3. The first-order chi connectivity index (χ1) is 11.2. The Morgan fingerprint density at radius 1 is 1.04 bits per heavy atom. The van der Waals surface area contributed by atoms with E-state index in [2.05, 4.69) is 48.1 Å². The van der Waals surface area contributed by atoms with E-state index in [0.29, 0.717) is 6.04 Å². The van der Waals surface area contributed by atoms with Gasteiger partial charge < -0.3 is 15.5 Å². The topological polar surface area (TPSA) is 42.9 Å². The van der Waals surface area contributed by atoms with Gasteiger partial charge in [-0.2, -0.15) is 0 Å². The predicted molar refractivity (Wildman–Crippen MR) is 101 cm³/mol. The smallest absolute Gasteiger partial charge is 0.191 e. The van der Waals surface area contributed by atoms with Gasteiger partial charge in [0.15, 0.2) is 5.96 Å². The van der Waals surface area contributed by atoms with Gasteiger partial charge in [0.05, 0.1) is 6.54 Å². The van der Waals surface area contributed by atoms with E-state index in [1.807, 2.05) is 0 Å². The van der Waals surface area contributed by atoms with Gasteiger partial charge in [0.2, 0.25) is 0 Å². The summed E-state index contributed by atoms with van der Waals surface area (Å²) in [6.07, 6.45) is 5.12. The molecule has 0 amide bonds. The highest BCUT2D eigenvalue weighted by molar-refractivity contribution is 5.80. The minimum absolute atomic E-state index is 0.493. The SMILES string of the molecule is CCCCCC(C)NC(=NCCN1CCN(CC)CC1)NCC. The standard InChI is InChI=1S/C18H39N5/c1-5-8-9-10-17(4)21-18(19-6-2)20-11-12-23-15-13-22(7-3)14-16-23/h17H,5-16H2,1-4H3,(H2,19,20,21). The lowest BCUT2D eigenvalue weighted by Gasteiger charge is -2.33. The largest absolute Gasteiger partial charge is 0.357 e. The maximum Gasteiger partial charge on any atom is 0.191 e. The molecular formula is C18H39N5. The normalized spacial score (nSPS) is 18.9. The summed E-state index contributed by atoms with van der Waals surface area (Å²) in [7, 11) is 0. The molecule has 5 nitrogen and oxygen atoms in total. The van der Waals surface area contributed by atoms with Crippen LogP contribution >= 0.6 is 0 Å². The Bertz CT molecular complexity index is 311. The van der Waals surface area contributed by atoms with Gasteiger partial charge in [-0.1, -0.05) is 33.1 Å². The summed E-state index contributed by atoms with van der Waals surface area (Å²) in [4.78, 5) is 9.80. The lowest BCUT2D eigenvalue weighted by atomic mass is 10.1. The lowest BCUT2D eigenvalue weighted by molar-refractivity contribution is 0.140. The number of hydrogen-bond donors (Lipinski definition) is 2. The summed E-state index contributed by atoms with van der Waals surface area (Å²) < 4.78 is 0. The zero-order chi connectivity index (χ0) is 16.9. The van der Waals surface area contributed by atoms with Crippen molar-refractivity contribution in [2.45, 2.75) is 59.4 Å². The Labute approximate surface area is 143 Å². The van der Waals surface area contributed by atoms with Crippen LogP contribution < -0.4 is 10.6 Å². The minimum atomic E-state index is 0.493. The third-order valence-corrected chi connectivity index (χ3v) is 4.57. The van der Waals surface area contributed by atoms with Gasteiger partial charge >= 0.3 is 0 Å². The number of nitrogens with zero attached hydrogens (tertiary/aromatic N) is 3. The molecule has 0 bridgehead atoms. The first kappa shape index (κ1) is 20.2. The molecule has 1 aliphatic rings. The van der Waals surface area contributed by atoms with Gasteiger partial charge in [-0.25, -0.2) is 0 Å². The van der Waals surface area contributed by atoms with E-state index < -0.39 is 0 Å². The first-order valence-corrected chi connectivity index (χ1v) is 9.69. The molecule has 1 heterocycles. The van der Waals surface area contributed by atoms with Crippen LogP contribution in [-0.2, 0) is 0 Å². The number of guanidine groups is 1. The van der Waals surface area contributed by atoms with Crippen LogP contribution in [0.15, 0.2) is 4.99 Å². The van der Waals surface area contributed by atoms with Crippen LogP contribution in [0.25, 0.3) is 0 Å². The molecule has 1 fully saturated rings. The Balaban J connectivity index is 2.28. The average molecular weight is 326 g/mol. The molecule has 1 rings (SSSR count). The van der Waals surface area contributed by atoms with E-state index in [-0.39, 0.29) is 0 Å². The second-order valence-electron chi connectivity index (χ2n) is 6.58. The monoisotopic (exact) mass is 325 g/mol. The second kappa shape index (κ2) is 12.6. The number of likely N-dealkylation sites (N-methyl/N-ethyl adjacent to an activating group) is 1. The van der Waals surface area contributed by atoms with Crippen molar-refractivity contribution in [3.8, 4) is 0 Å². The molecule has 1 aliphatic heterocycles. The van der Waals surface area contributed by atoms with Crippen molar-refractivity contribution in [2.24, 2.45) is 4.99 Å². The van der Waals surface area contributed by atoms with Crippen molar-refractivity contribution in [3.63, 3.8) is 0 Å². The third-order valence-electron chi connectivity index (χ3n) is 4.57. The summed E-state index contributed by atoms with van der Waals surface area (Å²) in [5.74, 6) is 0.976. The molecular weight excluding hydrogens is 286 g/mol. The Morgan fingerprint density at radius 2 is 1.74 bits per heavy atom. The van der Waals surface area contributed by atoms with Gasteiger partial charge in [0.1, 0.15) is 0 Å². The van der Waals surface area contributed by atoms with Crippen LogP contribution in [-0.4, -0.2) is 74.2 Å². The lowest BCUT2D eigenvalue weighted by Crippen LogP contribution is -2.47. The summed E-state index contributed by atoms with van der Waals surface area (Å²) in [6.45, 7) is 17.7. The highest BCUT2D eigenvalue weighted by Crippen LogP contribution is 2.03. The molecule has 0 aromatic rings. The van der Waals surface area contributed by atoms with E-state index in [1.54, 1.807) is 0 Å². The van der Waals surface area contributed by atoms with E-state index >= 15 is 0 Å². The molecule has 0 saturated carbocycles. The van der Waals surface area contributed by atoms with Crippen LogP contribution in [0.2, 0.25) is 0 Å². The summed E-state index contributed by atoms with van der Waals surface area (Å²) in [5.41, 5.74) is 0. The molecule has 0 aromatic carbocycles. The van der Waals surface area contributed by atoms with Crippen LogP contribution in [0.5, 0.6) is 0 Å². The molecule has 0 aromatic heterocycles. The molecule has 136 valence electrons. The van der Waals surface area contributed by atoms with E-state index in [4.69, 9.17) is 4.99 Å². The molecule has 1 atom stereocenters. The molecule has 5 heteroatoms. The van der Waals surface area contributed by atoms with Crippen molar-refractivity contribution >= 4 is 5.96 Å². The maximum atomic E-state index is 4.75. The van der Waals surface area contributed by atoms with Crippen molar-refractivity contribution in [2.75, 3.05) is 52.4 Å². The fourth-order valence-electron chi connectivity index (χ4n) is 2.96. The Kier molecular flexibility index (Phi) is 11.1. The Morgan fingerprint density at radius 3 is 2.35 bits per heavy atom. The minimum Gasteiger partial charge on any atom is -0.357 e. The van der Waals surface area contributed by atoms with Crippen LogP contribution in [0.1, 0.15) is 53.4 Å². The molecule has 1 saturated heterocycles. The molecule has 23 heavy (non-hydrogen) atoms. The zero-order valence-corrected chi connectivity index (χ0v) is 15.9. The van der Waals surface area contributed by atoms with Gasteiger partial charge in [0.25, 0.3) is 0 Å². The van der Waals surface area contributed by atoms with Crippen LogP contribution in [0.3, 0.4) is 0 Å². The van der Waals surface area contributed by atoms with Crippen molar-refractivity contribution in [1.82, 2.24) is 20.4 Å². The number of nitrogens with one attached hydrogen (secondary N) is 2. The fraction of sp³-hybridized carbons (Fsp3) is 0.944. The predicted octanol–water partition coefficient (Wildman–Crippen LogP) is 2.15. The molecule has 0 aliphatic carbocycles. The van der Waals surface area contributed by atoms with Gasteiger partial charge in [0, 0.05) is 45.3 Å². The third kappa shape index (κ3) is 9.16. The van der Waals surface area contributed by atoms with Crippen LogP contribution in [0.4, 0.5) is 0 Å². The summed E-state index contributed by atoms with van der Waals surface area (Å²) in [6, 6.07) is 0.493. The molecule has 2 N–H and O–H groups in total. The quantitative estimate of drug-likeness (QED) is 0.367. The molecule has 0 spiro atoms. The second-order valence-corrected chi connectivity index (χ2v) is 6.58. The highest BCUT2D eigenvalue weighted by atomic mass is 15.3.